The molecule has 3 N–H and O–H groups in total. The van der Waals surface area contributed by atoms with Gasteiger partial charge in [0.2, 0.25) is 10.0 Å². The van der Waals surface area contributed by atoms with E-state index in [1.165, 1.54) is 12.1 Å². The molecule has 0 spiro atoms. The van der Waals surface area contributed by atoms with Crippen molar-refractivity contribution in [1.29, 1.82) is 0 Å². The molecular formula is C28H42N2O6S. The first-order valence-corrected chi connectivity index (χ1v) is 15.0. The van der Waals surface area contributed by atoms with Gasteiger partial charge in [0, 0.05) is 18.7 Å². The van der Waals surface area contributed by atoms with E-state index in [0.29, 0.717) is 38.0 Å². The van der Waals surface area contributed by atoms with Crippen molar-refractivity contribution in [2.75, 3.05) is 18.0 Å². The van der Waals surface area contributed by atoms with E-state index in [2.05, 4.69) is 11.3 Å². The summed E-state index contributed by atoms with van der Waals surface area (Å²) in [5.41, 5.74) is 1.72. The van der Waals surface area contributed by atoms with Gasteiger partial charge in [0.15, 0.2) is 0 Å². The minimum atomic E-state index is -3.94. The maximum Gasteiger partial charge on any atom is 0.306 e. The lowest BCUT2D eigenvalue weighted by Crippen LogP contribution is -2.44. The first-order chi connectivity index (χ1) is 17.4. The van der Waals surface area contributed by atoms with E-state index >= 15 is 0 Å². The number of carboxylic acids is 1. The number of nitrogens with zero attached hydrogens (tertiary/aromatic N) is 1. The number of allylic oxidation sites excluding steroid dienone is 1. The zero-order valence-corrected chi connectivity index (χ0v) is 23.1. The first-order valence-electron chi connectivity index (χ1n) is 13.4. The molecular weight excluding hydrogens is 492 g/mol. The van der Waals surface area contributed by atoms with Crippen LogP contribution in [-0.4, -0.2) is 48.8 Å². The number of phenolic OH excluding ortho intramolecular Hbond substituents is 1. The molecule has 1 fully saturated rings. The van der Waals surface area contributed by atoms with E-state index in [1.54, 1.807) is 13.0 Å². The molecule has 5 atom stereocenters. The summed E-state index contributed by atoms with van der Waals surface area (Å²) in [6.07, 6.45) is 6.10. The average molecular weight is 535 g/mol. The van der Waals surface area contributed by atoms with Crippen molar-refractivity contribution in [2.24, 2.45) is 23.7 Å². The zero-order valence-electron chi connectivity index (χ0n) is 22.3. The molecule has 9 heteroatoms. The fraction of sp³-hybridized carbons (Fsp3) is 0.643. The Morgan fingerprint density at radius 3 is 2.51 bits per heavy atom. The number of aromatic hydroxyl groups is 1. The Bertz CT molecular complexity index is 1100. The number of nitrogens with one attached hydrogen (secondary N) is 1. The number of hydrogen-bond acceptors (Lipinski definition) is 6. The quantitative estimate of drug-likeness (QED) is 0.349. The highest BCUT2D eigenvalue weighted by molar-refractivity contribution is 7.90. The lowest BCUT2D eigenvalue weighted by molar-refractivity contribution is -0.146. The minimum absolute atomic E-state index is 0.00748. The van der Waals surface area contributed by atoms with Gasteiger partial charge < -0.3 is 15.1 Å². The van der Waals surface area contributed by atoms with E-state index in [4.69, 9.17) is 0 Å². The van der Waals surface area contributed by atoms with Crippen LogP contribution in [0, 0.1) is 23.7 Å². The molecule has 8 nitrogen and oxygen atoms in total. The van der Waals surface area contributed by atoms with Crippen LogP contribution in [0.15, 0.2) is 30.4 Å². The lowest BCUT2D eigenvalue weighted by Gasteiger charge is -2.43. The third-order valence-electron chi connectivity index (χ3n) is 8.33. The Kier molecular flexibility index (Phi) is 9.67. The highest BCUT2D eigenvalue weighted by Gasteiger charge is 2.41. The summed E-state index contributed by atoms with van der Waals surface area (Å²) in [5, 5.41) is 20.0. The van der Waals surface area contributed by atoms with Gasteiger partial charge >= 0.3 is 5.97 Å². The maximum absolute atomic E-state index is 13.0. The normalized spacial score (nSPS) is 28.5. The van der Waals surface area contributed by atoms with Gasteiger partial charge in [-0.1, -0.05) is 18.9 Å². The number of aliphatic carboxylic acids is 1. The number of rotatable bonds is 6. The molecule has 2 bridgehead atoms. The molecule has 0 radical (unpaired) electrons. The van der Waals surface area contributed by atoms with Gasteiger partial charge in [0.1, 0.15) is 5.75 Å². The highest BCUT2D eigenvalue weighted by Crippen LogP contribution is 2.44. The number of amides is 1. The molecule has 2 aliphatic rings. The van der Waals surface area contributed by atoms with Crippen molar-refractivity contribution in [3.8, 4) is 5.75 Å². The molecule has 1 aromatic carbocycles. The number of benzene rings is 1. The molecule has 1 aromatic rings. The number of phenols is 1. The Labute approximate surface area is 221 Å². The van der Waals surface area contributed by atoms with Crippen molar-refractivity contribution in [1.82, 2.24) is 4.72 Å². The number of sulfonamides is 1. The number of anilines is 1. The van der Waals surface area contributed by atoms with Gasteiger partial charge in [-0.2, -0.15) is 0 Å². The second kappa shape index (κ2) is 12.3. The second-order valence-electron chi connectivity index (χ2n) is 11.1. The molecule has 3 rings (SSSR count). The van der Waals surface area contributed by atoms with Gasteiger partial charge in [-0.3, -0.25) is 9.59 Å². The predicted molar refractivity (Wildman–Crippen MR) is 145 cm³/mol. The number of hydrogen-bond donors (Lipinski definition) is 3. The molecule has 1 heterocycles. The van der Waals surface area contributed by atoms with Crippen LogP contribution in [0.4, 0.5) is 5.69 Å². The van der Waals surface area contributed by atoms with Gasteiger partial charge in [0.25, 0.3) is 5.91 Å². The van der Waals surface area contributed by atoms with Crippen molar-refractivity contribution in [2.45, 2.75) is 77.4 Å². The Balaban J connectivity index is 1.98. The third-order valence-corrected chi connectivity index (χ3v) is 10.2. The highest BCUT2D eigenvalue weighted by atomic mass is 32.2. The van der Waals surface area contributed by atoms with Crippen LogP contribution < -0.4 is 9.62 Å². The van der Waals surface area contributed by atoms with Crippen LogP contribution in [0.1, 0.15) is 82.5 Å². The van der Waals surface area contributed by atoms with Crippen LogP contribution in [-0.2, 0) is 14.8 Å². The van der Waals surface area contributed by atoms with Crippen LogP contribution in [0.5, 0.6) is 5.75 Å². The van der Waals surface area contributed by atoms with Crippen LogP contribution in [0.2, 0.25) is 0 Å². The predicted octanol–water partition coefficient (Wildman–Crippen LogP) is 4.94. The van der Waals surface area contributed by atoms with Crippen molar-refractivity contribution < 1.29 is 28.2 Å². The molecule has 1 aliphatic carbocycles. The van der Waals surface area contributed by atoms with Crippen molar-refractivity contribution in [3.63, 3.8) is 0 Å². The fourth-order valence-electron chi connectivity index (χ4n) is 5.59. The number of fused-ring (bicyclic) bond motifs is 3. The van der Waals surface area contributed by atoms with Crippen LogP contribution >= 0.6 is 0 Å². The summed E-state index contributed by atoms with van der Waals surface area (Å²) in [6, 6.07) is 4.39. The number of carbonyl (C=O) groups is 2. The molecule has 1 amide bonds. The first kappa shape index (κ1) is 29.0. The third kappa shape index (κ3) is 7.27. The molecule has 37 heavy (non-hydrogen) atoms. The smallest absolute Gasteiger partial charge is 0.306 e. The Hall–Kier alpha value is -2.55. The molecule has 1 saturated carbocycles. The van der Waals surface area contributed by atoms with Crippen molar-refractivity contribution in [3.05, 3.63) is 35.9 Å². The minimum Gasteiger partial charge on any atom is -0.506 e. The van der Waals surface area contributed by atoms with E-state index in [-0.39, 0.29) is 29.1 Å². The molecule has 206 valence electrons. The summed E-state index contributed by atoms with van der Waals surface area (Å²) in [5.74, 6) is -2.02. The van der Waals surface area contributed by atoms with Crippen molar-refractivity contribution >= 4 is 27.6 Å². The number of carbonyl (C=O) groups excluding carboxylic acids is 1. The topological polar surface area (TPSA) is 124 Å². The number of carboxylic acid groups (broad SMARTS) is 1. The fourth-order valence-corrected chi connectivity index (χ4v) is 6.90. The van der Waals surface area contributed by atoms with Gasteiger partial charge in [0.05, 0.1) is 16.9 Å². The molecule has 0 saturated heterocycles. The average Bonchev–Trinajstić information content (AvgIpc) is 2.80. The molecule has 0 aromatic heterocycles. The second-order valence-corrected chi connectivity index (χ2v) is 13.1. The SMILES string of the molecule is C=C(C)CCCCN1CC2CCC2[C@H](C(=O)O)CCC[C@H](C)[C@@H](C)S(=O)(=O)NC(=O)c2ccc(O)c1c2. The standard InChI is InChI=1S/C28H42N2O6S/c1-18(2)8-5-6-15-30-17-22-11-13-23(22)24(28(33)34)10-7-9-19(3)20(4)37(35,36)29-27(32)21-12-14-26(31)25(30)16-21/h12,14,16,19-20,22-24,31H,1,5-11,13,15,17H2,2-4H3,(H,29,32)(H,33,34)/t19-,20+,22?,23?,24+/m0/s1. The van der Waals surface area contributed by atoms with E-state index < -0.39 is 33.1 Å². The number of unbranched alkanes of at least 4 members (excludes halogenated alkanes) is 1. The van der Waals surface area contributed by atoms with Crippen LogP contribution in [0.3, 0.4) is 0 Å². The van der Waals surface area contributed by atoms with Gasteiger partial charge in [-0.05, 0) is 94.7 Å². The summed E-state index contributed by atoms with van der Waals surface area (Å²) in [6.45, 7) is 10.5. The lowest BCUT2D eigenvalue weighted by atomic mass is 9.65. The van der Waals surface area contributed by atoms with Gasteiger partial charge in [-0.25, -0.2) is 13.1 Å². The summed E-state index contributed by atoms with van der Waals surface area (Å²) < 4.78 is 28.1. The Morgan fingerprint density at radius 1 is 1.16 bits per heavy atom. The maximum atomic E-state index is 13.0. The largest absolute Gasteiger partial charge is 0.506 e. The summed E-state index contributed by atoms with van der Waals surface area (Å²) >= 11 is 0. The zero-order chi connectivity index (χ0) is 27.3. The van der Waals surface area contributed by atoms with Gasteiger partial charge in [-0.15, -0.1) is 6.58 Å². The summed E-state index contributed by atoms with van der Waals surface area (Å²) in [7, 11) is -3.94. The van der Waals surface area contributed by atoms with E-state index in [0.717, 1.165) is 37.7 Å². The van der Waals surface area contributed by atoms with E-state index in [9.17, 15) is 28.2 Å². The monoisotopic (exact) mass is 534 g/mol. The summed E-state index contributed by atoms with van der Waals surface area (Å²) in [4.78, 5) is 27.2. The Morgan fingerprint density at radius 2 is 1.89 bits per heavy atom. The van der Waals surface area contributed by atoms with Crippen LogP contribution in [0.25, 0.3) is 0 Å². The molecule has 1 aliphatic heterocycles. The van der Waals surface area contributed by atoms with E-state index in [1.807, 2.05) is 18.7 Å². The molecule has 2 unspecified atom stereocenters.